The summed E-state index contributed by atoms with van der Waals surface area (Å²) >= 11 is 0. The van der Waals surface area contributed by atoms with Gasteiger partial charge in [0.25, 0.3) is 0 Å². The SMILES string of the molecule is Cc1cc(F)ccc1[C@H](C1CCCC1)[C@@H](C)OC(=O)[C@H](C)CC(=O)OC(C)(C)C. The second kappa shape index (κ2) is 9.73. The summed E-state index contributed by atoms with van der Waals surface area (Å²) in [5, 5.41) is 0. The molecule has 162 valence electrons. The van der Waals surface area contributed by atoms with E-state index in [1.54, 1.807) is 27.7 Å². The molecule has 0 radical (unpaired) electrons. The minimum Gasteiger partial charge on any atom is -0.462 e. The third-order valence-electron chi connectivity index (χ3n) is 5.60. The van der Waals surface area contributed by atoms with E-state index in [9.17, 15) is 14.0 Å². The third-order valence-corrected chi connectivity index (χ3v) is 5.60. The minimum absolute atomic E-state index is 0.00745. The first-order valence-corrected chi connectivity index (χ1v) is 10.7. The minimum atomic E-state index is -0.582. The Morgan fingerprint density at radius 2 is 1.79 bits per heavy atom. The molecule has 1 fully saturated rings. The van der Waals surface area contributed by atoms with E-state index in [4.69, 9.17) is 9.47 Å². The van der Waals surface area contributed by atoms with E-state index in [1.807, 2.05) is 19.9 Å². The highest BCUT2D eigenvalue weighted by atomic mass is 19.1. The highest BCUT2D eigenvalue weighted by Crippen LogP contribution is 2.41. The van der Waals surface area contributed by atoms with Crippen LogP contribution in [0.2, 0.25) is 0 Å². The van der Waals surface area contributed by atoms with Gasteiger partial charge >= 0.3 is 11.9 Å². The molecule has 5 heteroatoms. The predicted octanol–water partition coefficient (Wildman–Crippen LogP) is 5.71. The highest BCUT2D eigenvalue weighted by molar-refractivity contribution is 5.80. The molecule has 0 aliphatic heterocycles. The van der Waals surface area contributed by atoms with Crippen LogP contribution >= 0.6 is 0 Å². The summed E-state index contributed by atoms with van der Waals surface area (Å²) in [5.74, 6) is -1.21. The lowest BCUT2D eigenvalue weighted by molar-refractivity contribution is -0.163. The molecule has 1 aliphatic rings. The van der Waals surface area contributed by atoms with Gasteiger partial charge in [0, 0.05) is 5.92 Å². The Labute approximate surface area is 174 Å². The van der Waals surface area contributed by atoms with Crippen LogP contribution in [0.1, 0.15) is 83.8 Å². The first-order chi connectivity index (χ1) is 13.5. The smallest absolute Gasteiger partial charge is 0.309 e. The number of benzene rings is 1. The lowest BCUT2D eigenvalue weighted by Gasteiger charge is -2.31. The molecule has 3 atom stereocenters. The number of esters is 2. The van der Waals surface area contributed by atoms with Crippen molar-refractivity contribution < 1.29 is 23.5 Å². The van der Waals surface area contributed by atoms with Gasteiger partial charge < -0.3 is 9.47 Å². The Morgan fingerprint density at radius 1 is 1.17 bits per heavy atom. The first-order valence-electron chi connectivity index (χ1n) is 10.7. The van der Waals surface area contributed by atoms with E-state index in [0.29, 0.717) is 5.92 Å². The van der Waals surface area contributed by atoms with E-state index < -0.39 is 23.5 Å². The molecule has 0 saturated heterocycles. The van der Waals surface area contributed by atoms with Crippen LogP contribution in [0.3, 0.4) is 0 Å². The van der Waals surface area contributed by atoms with Gasteiger partial charge in [0.1, 0.15) is 17.5 Å². The fourth-order valence-corrected chi connectivity index (χ4v) is 4.31. The fourth-order valence-electron chi connectivity index (χ4n) is 4.31. The van der Waals surface area contributed by atoms with Gasteiger partial charge in [0.2, 0.25) is 0 Å². The van der Waals surface area contributed by atoms with Gasteiger partial charge in [-0.3, -0.25) is 9.59 Å². The maximum atomic E-state index is 13.6. The topological polar surface area (TPSA) is 52.6 Å². The Bertz CT molecular complexity index is 716. The molecule has 1 aromatic rings. The molecule has 1 aromatic carbocycles. The van der Waals surface area contributed by atoms with Crippen molar-refractivity contribution >= 4 is 11.9 Å². The molecular weight excluding hydrogens is 371 g/mol. The summed E-state index contributed by atoms with van der Waals surface area (Å²) in [5.41, 5.74) is 1.34. The van der Waals surface area contributed by atoms with Gasteiger partial charge in [-0.25, -0.2) is 4.39 Å². The normalized spacial score (nSPS) is 18.2. The molecule has 0 bridgehead atoms. The average Bonchev–Trinajstić information content (AvgIpc) is 3.09. The van der Waals surface area contributed by atoms with Crippen molar-refractivity contribution in [2.75, 3.05) is 0 Å². The Kier molecular flexibility index (Phi) is 7.84. The van der Waals surface area contributed by atoms with Crippen molar-refractivity contribution in [3.63, 3.8) is 0 Å². The average molecular weight is 407 g/mol. The monoisotopic (exact) mass is 406 g/mol. The van der Waals surface area contributed by atoms with E-state index in [-0.39, 0.29) is 24.3 Å². The van der Waals surface area contributed by atoms with Crippen LogP contribution in [-0.4, -0.2) is 23.6 Å². The highest BCUT2D eigenvalue weighted by Gasteiger charge is 2.34. The maximum Gasteiger partial charge on any atom is 0.309 e. The zero-order valence-corrected chi connectivity index (χ0v) is 18.6. The quantitative estimate of drug-likeness (QED) is 0.545. The number of carbonyl (C=O) groups is 2. The van der Waals surface area contributed by atoms with Crippen LogP contribution in [-0.2, 0) is 19.1 Å². The molecule has 0 spiro atoms. The van der Waals surface area contributed by atoms with E-state index in [2.05, 4.69) is 0 Å². The second-order valence-electron chi connectivity index (χ2n) is 9.40. The van der Waals surface area contributed by atoms with Gasteiger partial charge in [-0.05, 0) is 76.6 Å². The number of aryl methyl sites for hydroxylation is 1. The molecule has 1 aliphatic carbocycles. The molecule has 1 saturated carbocycles. The molecule has 0 heterocycles. The summed E-state index contributed by atoms with van der Waals surface area (Å²) in [6.07, 6.45) is 4.13. The largest absolute Gasteiger partial charge is 0.462 e. The first kappa shape index (κ1) is 23.4. The van der Waals surface area contributed by atoms with Gasteiger partial charge in [-0.2, -0.15) is 0 Å². The van der Waals surface area contributed by atoms with Gasteiger partial charge in [-0.1, -0.05) is 25.8 Å². The lowest BCUT2D eigenvalue weighted by atomic mass is 9.79. The van der Waals surface area contributed by atoms with Crippen LogP contribution in [0.5, 0.6) is 0 Å². The molecule has 0 N–H and O–H groups in total. The summed E-state index contributed by atoms with van der Waals surface area (Å²) in [7, 11) is 0. The van der Waals surface area contributed by atoms with Crippen molar-refractivity contribution in [1.29, 1.82) is 0 Å². The Morgan fingerprint density at radius 3 is 2.34 bits per heavy atom. The lowest BCUT2D eigenvalue weighted by Crippen LogP contribution is -2.31. The fraction of sp³-hybridized carbons (Fsp3) is 0.667. The summed E-state index contributed by atoms with van der Waals surface area (Å²) in [4.78, 5) is 24.7. The molecule has 0 amide bonds. The van der Waals surface area contributed by atoms with Gasteiger partial charge in [-0.15, -0.1) is 0 Å². The zero-order chi connectivity index (χ0) is 21.8. The Hall–Kier alpha value is -1.91. The van der Waals surface area contributed by atoms with Crippen molar-refractivity contribution in [1.82, 2.24) is 0 Å². The van der Waals surface area contributed by atoms with Crippen LogP contribution in [0.15, 0.2) is 18.2 Å². The summed E-state index contributed by atoms with van der Waals surface area (Å²) in [6, 6.07) is 4.84. The van der Waals surface area contributed by atoms with Crippen LogP contribution in [0.25, 0.3) is 0 Å². The van der Waals surface area contributed by atoms with Gasteiger partial charge in [0.05, 0.1) is 12.3 Å². The van der Waals surface area contributed by atoms with Crippen LogP contribution < -0.4 is 0 Å². The number of rotatable bonds is 7. The number of hydrogen-bond donors (Lipinski definition) is 0. The predicted molar refractivity (Wildman–Crippen MR) is 111 cm³/mol. The van der Waals surface area contributed by atoms with Crippen LogP contribution in [0.4, 0.5) is 4.39 Å². The molecule has 29 heavy (non-hydrogen) atoms. The van der Waals surface area contributed by atoms with Crippen molar-refractivity contribution in [2.24, 2.45) is 11.8 Å². The third kappa shape index (κ3) is 6.83. The number of halogens is 1. The Balaban J connectivity index is 2.09. The number of hydrogen-bond acceptors (Lipinski definition) is 4. The van der Waals surface area contributed by atoms with Crippen LogP contribution in [0, 0.1) is 24.6 Å². The van der Waals surface area contributed by atoms with E-state index in [0.717, 1.165) is 36.8 Å². The standard InChI is InChI=1S/C24H35FO4/c1-15-13-19(25)11-12-20(15)22(18-9-7-8-10-18)17(3)28-23(27)16(2)14-21(26)29-24(4,5)6/h11-13,16-18,22H,7-10,14H2,1-6H3/t16-,17-,22+/m1/s1. The van der Waals surface area contributed by atoms with E-state index in [1.165, 1.54) is 12.1 Å². The molecule has 0 unspecified atom stereocenters. The number of carbonyl (C=O) groups excluding carboxylic acids is 2. The van der Waals surface area contributed by atoms with Crippen molar-refractivity contribution in [2.45, 2.75) is 91.3 Å². The molecule has 0 aromatic heterocycles. The molecular formula is C24H35FO4. The van der Waals surface area contributed by atoms with E-state index >= 15 is 0 Å². The zero-order valence-electron chi connectivity index (χ0n) is 18.6. The van der Waals surface area contributed by atoms with Crippen molar-refractivity contribution in [3.05, 3.63) is 35.1 Å². The summed E-state index contributed by atoms with van der Waals surface area (Å²) < 4.78 is 24.7. The molecule has 2 rings (SSSR count). The molecule has 4 nitrogen and oxygen atoms in total. The number of ether oxygens (including phenoxy) is 2. The van der Waals surface area contributed by atoms with Crippen molar-refractivity contribution in [3.8, 4) is 0 Å². The second-order valence-corrected chi connectivity index (χ2v) is 9.40. The van der Waals surface area contributed by atoms with Gasteiger partial charge in [0.15, 0.2) is 0 Å². The summed E-state index contributed by atoms with van der Waals surface area (Å²) in [6.45, 7) is 10.9. The maximum absolute atomic E-state index is 13.6.